The number of carbonyl (C=O) groups is 1. The summed E-state index contributed by atoms with van der Waals surface area (Å²) in [5, 5.41) is 8.52. The maximum Gasteiger partial charge on any atom is 0.322 e. The Morgan fingerprint density at radius 1 is 1.10 bits per heavy atom. The summed E-state index contributed by atoms with van der Waals surface area (Å²) < 4.78 is 47.4. The number of hydrogen-bond acceptors (Lipinski definition) is 10. The fraction of sp³-hybridized carbons (Fsp3) is 0.207. The number of anilines is 2. The summed E-state index contributed by atoms with van der Waals surface area (Å²) in [5.74, 6) is -1.16. The number of nitrogens with two attached hydrogens (primary N) is 1. The van der Waals surface area contributed by atoms with Crippen LogP contribution in [0.1, 0.15) is 12.5 Å². The van der Waals surface area contributed by atoms with Gasteiger partial charge in [0.15, 0.2) is 17.4 Å². The van der Waals surface area contributed by atoms with E-state index in [4.69, 9.17) is 19.9 Å². The van der Waals surface area contributed by atoms with Crippen molar-refractivity contribution in [3.63, 3.8) is 0 Å². The molecule has 13 heteroatoms. The lowest BCUT2D eigenvalue weighted by Gasteiger charge is -2.11. The normalized spacial score (nSPS) is 11.7. The molecule has 0 spiro atoms. The minimum atomic E-state index is -0.816. The maximum atomic E-state index is 15.1. The molecule has 0 saturated carbocycles. The van der Waals surface area contributed by atoms with Gasteiger partial charge in [0.2, 0.25) is 0 Å². The Labute approximate surface area is 239 Å². The quantitative estimate of drug-likeness (QED) is 0.174. The first-order chi connectivity index (χ1) is 20.3. The standard InChI is InChI=1S/C29H27F2N7O4/c1-17(32)29(39)42-12-11-41-19-13-22(30)21(23(31)14-19)16-38-24-6-4-3-5-20(24)26(37-38)28-34-15-25(40-2)27(36-28)35-18-7-9-33-10-8-18/h3-10,13-15,17H,11-12,16,32H2,1-2H3,(H,33,34,35,36). The lowest BCUT2D eigenvalue weighted by molar-refractivity contribution is -0.145. The SMILES string of the molecule is COc1cnc(-c2nn(Cc3c(F)cc(OCCOC(=O)C(C)N)cc3F)c3ccccc23)nc1Nc1ccncc1. The number of benzene rings is 2. The van der Waals surface area contributed by atoms with Crippen molar-refractivity contribution in [3.8, 4) is 23.0 Å². The third-order valence-corrected chi connectivity index (χ3v) is 6.18. The minimum Gasteiger partial charge on any atom is -0.491 e. The van der Waals surface area contributed by atoms with Crippen LogP contribution in [0.2, 0.25) is 0 Å². The Balaban J connectivity index is 1.41. The van der Waals surface area contributed by atoms with E-state index in [1.807, 2.05) is 12.1 Å². The number of ether oxygens (including phenoxy) is 3. The predicted octanol–water partition coefficient (Wildman–Crippen LogP) is 4.24. The van der Waals surface area contributed by atoms with E-state index >= 15 is 8.78 Å². The van der Waals surface area contributed by atoms with Crippen molar-refractivity contribution in [2.45, 2.75) is 19.5 Å². The third kappa shape index (κ3) is 6.25. The number of fused-ring (bicyclic) bond motifs is 1. The van der Waals surface area contributed by atoms with E-state index in [9.17, 15) is 4.79 Å². The second-order valence-electron chi connectivity index (χ2n) is 9.16. The molecule has 0 radical (unpaired) electrons. The number of halogens is 2. The molecule has 3 N–H and O–H groups in total. The van der Waals surface area contributed by atoms with Crippen molar-refractivity contribution in [1.29, 1.82) is 0 Å². The highest BCUT2D eigenvalue weighted by molar-refractivity contribution is 5.92. The highest BCUT2D eigenvalue weighted by atomic mass is 19.1. The van der Waals surface area contributed by atoms with Crippen LogP contribution in [0.4, 0.5) is 20.3 Å². The van der Waals surface area contributed by atoms with Crippen LogP contribution < -0.4 is 20.5 Å². The zero-order chi connectivity index (χ0) is 29.6. The van der Waals surface area contributed by atoms with Gasteiger partial charge in [-0.15, -0.1) is 0 Å². The lowest BCUT2D eigenvalue weighted by Crippen LogP contribution is -2.29. The molecule has 11 nitrogen and oxygen atoms in total. The van der Waals surface area contributed by atoms with Gasteiger partial charge in [-0.25, -0.2) is 18.7 Å². The molecular weight excluding hydrogens is 548 g/mol. The predicted molar refractivity (Wildman–Crippen MR) is 150 cm³/mol. The number of nitrogens with zero attached hydrogens (tertiary/aromatic N) is 5. The maximum absolute atomic E-state index is 15.1. The first-order valence-electron chi connectivity index (χ1n) is 12.9. The molecule has 0 bridgehead atoms. The summed E-state index contributed by atoms with van der Waals surface area (Å²) in [6.07, 6.45) is 4.81. The number of hydrogen-bond donors (Lipinski definition) is 2. The van der Waals surface area contributed by atoms with Gasteiger partial charge < -0.3 is 25.3 Å². The monoisotopic (exact) mass is 575 g/mol. The largest absolute Gasteiger partial charge is 0.491 e. The van der Waals surface area contributed by atoms with Crippen LogP contribution in [0.25, 0.3) is 22.4 Å². The third-order valence-electron chi connectivity index (χ3n) is 6.18. The van der Waals surface area contributed by atoms with Gasteiger partial charge in [-0.2, -0.15) is 5.10 Å². The van der Waals surface area contributed by atoms with Gasteiger partial charge in [0, 0.05) is 41.2 Å². The van der Waals surface area contributed by atoms with Gasteiger partial charge in [0.25, 0.3) is 0 Å². The Hall–Kier alpha value is -5.17. The summed E-state index contributed by atoms with van der Waals surface area (Å²) in [4.78, 5) is 24.5. The molecule has 1 unspecified atom stereocenters. The lowest BCUT2D eigenvalue weighted by atomic mass is 10.1. The van der Waals surface area contributed by atoms with Crippen LogP contribution in [0, 0.1) is 11.6 Å². The molecule has 5 aromatic rings. The molecule has 5 rings (SSSR count). The second kappa shape index (κ2) is 12.6. The van der Waals surface area contributed by atoms with Crippen molar-refractivity contribution in [2.24, 2.45) is 5.73 Å². The fourth-order valence-corrected chi connectivity index (χ4v) is 4.11. The van der Waals surface area contributed by atoms with E-state index in [0.29, 0.717) is 28.2 Å². The molecule has 0 aliphatic carbocycles. The molecule has 3 aromatic heterocycles. The van der Waals surface area contributed by atoms with Crippen LogP contribution in [-0.2, 0) is 16.1 Å². The van der Waals surface area contributed by atoms with Crippen LogP contribution in [0.15, 0.2) is 67.1 Å². The van der Waals surface area contributed by atoms with Crippen LogP contribution >= 0.6 is 0 Å². The van der Waals surface area contributed by atoms with Gasteiger partial charge in [0.1, 0.15) is 42.3 Å². The zero-order valence-electron chi connectivity index (χ0n) is 22.8. The van der Waals surface area contributed by atoms with Crippen molar-refractivity contribution in [3.05, 3.63) is 84.3 Å². The molecule has 1 atom stereocenters. The van der Waals surface area contributed by atoms with E-state index in [0.717, 1.165) is 17.8 Å². The van der Waals surface area contributed by atoms with E-state index in [1.54, 1.807) is 36.7 Å². The van der Waals surface area contributed by atoms with Crippen LogP contribution in [0.5, 0.6) is 11.5 Å². The van der Waals surface area contributed by atoms with Crippen molar-refractivity contribution >= 4 is 28.4 Å². The van der Waals surface area contributed by atoms with Crippen molar-refractivity contribution in [1.82, 2.24) is 24.7 Å². The number of para-hydroxylation sites is 1. The number of carbonyl (C=O) groups excluding carboxylic acids is 1. The zero-order valence-corrected chi connectivity index (χ0v) is 22.8. The van der Waals surface area contributed by atoms with Gasteiger partial charge >= 0.3 is 5.97 Å². The van der Waals surface area contributed by atoms with E-state index in [-0.39, 0.29) is 36.9 Å². The number of esters is 1. The molecule has 0 aliphatic rings. The van der Waals surface area contributed by atoms with Gasteiger partial charge in [-0.3, -0.25) is 14.5 Å². The van der Waals surface area contributed by atoms with E-state index in [1.165, 1.54) is 24.9 Å². The Kier molecular flexibility index (Phi) is 8.48. The highest BCUT2D eigenvalue weighted by Gasteiger charge is 2.20. The molecular formula is C29H27F2N7O4. The molecule has 3 heterocycles. The molecule has 0 aliphatic heterocycles. The summed E-state index contributed by atoms with van der Waals surface area (Å²) in [7, 11) is 1.51. The van der Waals surface area contributed by atoms with Crippen LogP contribution in [-0.4, -0.2) is 57.1 Å². The number of aromatic nitrogens is 5. The first-order valence-corrected chi connectivity index (χ1v) is 12.9. The summed E-state index contributed by atoms with van der Waals surface area (Å²) in [6, 6.07) is 12.2. The van der Waals surface area contributed by atoms with Crippen molar-refractivity contribution < 1.29 is 27.8 Å². The Bertz CT molecular complexity index is 1690. The topological polar surface area (TPSA) is 139 Å². The van der Waals surface area contributed by atoms with E-state index in [2.05, 4.69) is 25.4 Å². The number of nitrogens with one attached hydrogen (secondary N) is 1. The van der Waals surface area contributed by atoms with Gasteiger partial charge in [-0.05, 0) is 25.1 Å². The highest BCUT2D eigenvalue weighted by Crippen LogP contribution is 2.31. The molecule has 0 amide bonds. The van der Waals surface area contributed by atoms with E-state index < -0.39 is 23.6 Å². The molecule has 42 heavy (non-hydrogen) atoms. The van der Waals surface area contributed by atoms with Crippen molar-refractivity contribution in [2.75, 3.05) is 25.6 Å². The Morgan fingerprint density at radius 3 is 2.55 bits per heavy atom. The summed E-state index contributed by atoms with van der Waals surface area (Å²) in [5.41, 5.74) is 7.02. The average molecular weight is 576 g/mol. The molecule has 0 saturated heterocycles. The number of pyridine rings is 1. The second-order valence-corrected chi connectivity index (χ2v) is 9.16. The smallest absolute Gasteiger partial charge is 0.322 e. The number of rotatable bonds is 11. The molecule has 0 fully saturated rings. The molecule has 216 valence electrons. The minimum absolute atomic E-state index is 0.0440. The summed E-state index contributed by atoms with van der Waals surface area (Å²) in [6.45, 7) is 1.08. The first kappa shape index (κ1) is 28.4. The average Bonchev–Trinajstić information content (AvgIpc) is 3.36. The molecule has 2 aromatic carbocycles. The fourth-order valence-electron chi connectivity index (χ4n) is 4.11. The number of methoxy groups -OCH3 is 1. The summed E-state index contributed by atoms with van der Waals surface area (Å²) >= 11 is 0. The van der Waals surface area contributed by atoms with Crippen LogP contribution in [0.3, 0.4) is 0 Å². The van der Waals surface area contributed by atoms with Gasteiger partial charge in [-0.1, -0.05) is 18.2 Å². The Morgan fingerprint density at radius 2 is 1.83 bits per heavy atom. The van der Waals surface area contributed by atoms with Gasteiger partial charge in [0.05, 0.1) is 25.4 Å².